The van der Waals surface area contributed by atoms with E-state index in [0.29, 0.717) is 0 Å². The highest BCUT2D eigenvalue weighted by Gasteiger charge is 2.28. The number of nitrogens with zero attached hydrogens (tertiary/aromatic N) is 3. The van der Waals surface area contributed by atoms with Crippen molar-refractivity contribution in [3.05, 3.63) is 48.3 Å². The van der Waals surface area contributed by atoms with Gasteiger partial charge in [0, 0.05) is 11.9 Å². The van der Waals surface area contributed by atoms with Gasteiger partial charge in [0.1, 0.15) is 0 Å². The minimum atomic E-state index is 0.0764. The Labute approximate surface area is 129 Å². The Morgan fingerprint density at radius 3 is 2.86 bits per heavy atom. The summed E-state index contributed by atoms with van der Waals surface area (Å²) in [5.41, 5.74) is 2.32. The largest absolute Gasteiger partial charge is 0.332 e. The van der Waals surface area contributed by atoms with Crippen molar-refractivity contribution in [2.45, 2.75) is 32.4 Å². The minimum Gasteiger partial charge on any atom is -0.332 e. The molecule has 0 saturated heterocycles. The highest BCUT2D eigenvalue weighted by Crippen LogP contribution is 2.30. The van der Waals surface area contributed by atoms with E-state index in [-0.39, 0.29) is 5.54 Å². The SMILES string of the molecule is CCC1(C)CSC(Nc2cnn(Cc3ccccc3)c2)=N1. The smallest absolute Gasteiger partial charge is 0.161 e. The number of amidine groups is 1. The number of benzene rings is 1. The summed E-state index contributed by atoms with van der Waals surface area (Å²) in [5, 5.41) is 8.76. The van der Waals surface area contributed by atoms with Crippen molar-refractivity contribution in [3.8, 4) is 0 Å². The van der Waals surface area contributed by atoms with Crippen LogP contribution in [-0.4, -0.2) is 26.2 Å². The van der Waals surface area contributed by atoms with Crippen molar-refractivity contribution in [1.29, 1.82) is 0 Å². The minimum absolute atomic E-state index is 0.0764. The van der Waals surface area contributed by atoms with Crippen LogP contribution in [0.4, 0.5) is 5.69 Å². The van der Waals surface area contributed by atoms with Crippen LogP contribution in [0, 0.1) is 0 Å². The van der Waals surface area contributed by atoms with Crippen LogP contribution in [0.25, 0.3) is 0 Å². The molecular weight excluding hydrogens is 280 g/mol. The average Bonchev–Trinajstić information content (AvgIpc) is 3.08. The zero-order valence-electron chi connectivity index (χ0n) is 12.4. The molecule has 0 radical (unpaired) electrons. The van der Waals surface area contributed by atoms with E-state index in [1.165, 1.54) is 5.56 Å². The molecule has 0 fully saturated rings. The number of aromatic nitrogens is 2. The maximum absolute atomic E-state index is 4.76. The predicted octanol–water partition coefficient (Wildman–Crippen LogP) is 3.61. The van der Waals surface area contributed by atoms with Crippen LogP contribution in [0.2, 0.25) is 0 Å². The van der Waals surface area contributed by atoms with Crippen molar-refractivity contribution in [2.75, 3.05) is 11.1 Å². The molecule has 0 amide bonds. The molecular formula is C16H20N4S. The Bertz CT molecular complexity index is 635. The number of aliphatic imine (C=N–C) groups is 1. The second-order valence-electron chi connectivity index (χ2n) is 5.59. The first-order valence-corrected chi connectivity index (χ1v) is 8.21. The fraction of sp³-hybridized carbons (Fsp3) is 0.375. The van der Waals surface area contributed by atoms with Crippen LogP contribution < -0.4 is 5.32 Å². The average molecular weight is 300 g/mol. The lowest BCUT2D eigenvalue weighted by atomic mass is 10.0. The van der Waals surface area contributed by atoms with Gasteiger partial charge in [-0.1, -0.05) is 49.0 Å². The first-order chi connectivity index (χ1) is 10.2. The Balaban J connectivity index is 1.65. The summed E-state index contributed by atoms with van der Waals surface area (Å²) in [5.74, 6) is 1.05. The van der Waals surface area contributed by atoms with Gasteiger partial charge in [0.05, 0.1) is 24.0 Å². The molecule has 5 heteroatoms. The molecule has 1 atom stereocenters. The van der Waals surface area contributed by atoms with Crippen LogP contribution >= 0.6 is 11.8 Å². The van der Waals surface area contributed by atoms with Gasteiger partial charge < -0.3 is 5.32 Å². The molecule has 2 heterocycles. The van der Waals surface area contributed by atoms with Gasteiger partial charge in [0.15, 0.2) is 5.17 Å². The standard InChI is InChI=1S/C16H20N4S/c1-3-16(2)12-21-15(19-16)18-14-9-17-20(11-14)10-13-7-5-4-6-8-13/h4-9,11H,3,10,12H2,1-2H3,(H,18,19). The monoisotopic (exact) mass is 300 g/mol. The van der Waals surface area contributed by atoms with E-state index in [1.807, 2.05) is 35.3 Å². The predicted molar refractivity (Wildman–Crippen MR) is 90.0 cm³/mol. The molecule has 1 unspecified atom stereocenters. The molecule has 2 aromatic rings. The van der Waals surface area contributed by atoms with E-state index in [4.69, 9.17) is 4.99 Å². The maximum atomic E-state index is 4.76. The van der Waals surface area contributed by atoms with Crippen LogP contribution in [0.15, 0.2) is 47.7 Å². The Hall–Kier alpha value is -1.75. The fourth-order valence-electron chi connectivity index (χ4n) is 2.19. The van der Waals surface area contributed by atoms with Crippen molar-refractivity contribution >= 4 is 22.6 Å². The second-order valence-corrected chi connectivity index (χ2v) is 6.56. The summed E-state index contributed by atoms with van der Waals surface area (Å²) in [4.78, 5) is 4.76. The molecule has 3 rings (SSSR count). The van der Waals surface area contributed by atoms with Crippen molar-refractivity contribution in [1.82, 2.24) is 9.78 Å². The normalized spacial score (nSPS) is 21.3. The Morgan fingerprint density at radius 2 is 2.14 bits per heavy atom. The topological polar surface area (TPSA) is 42.2 Å². The quantitative estimate of drug-likeness (QED) is 0.938. The molecule has 0 aliphatic carbocycles. The summed E-state index contributed by atoms with van der Waals surface area (Å²) in [7, 11) is 0. The zero-order valence-corrected chi connectivity index (χ0v) is 13.2. The van der Waals surface area contributed by atoms with Gasteiger partial charge in [-0.3, -0.25) is 9.67 Å². The number of hydrogen-bond donors (Lipinski definition) is 1. The summed E-state index contributed by atoms with van der Waals surface area (Å²) in [6.45, 7) is 5.17. The van der Waals surface area contributed by atoms with Gasteiger partial charge in [-0.05, 0) is 18.9 Å². The molecule has 0 saturated carbocycles. The highest BCUT2D eigenvalue weighted by molar-refractivity contribution is 8.14. The lowest BCUT2D eigenvalue weighted by Gasteiger charge is -2.15. The lowest BCUT2D eigenvalue weighted by Crippen LogP contribution is -2.20. The first-order valence-electron chi connectivity index (χ1n) is 7.23. The van der Waals surface area contributed by atoms with Crippen LogP contribution in [-0.2, 0) is 6.54 Å². The van der Waals surface area contributed by atoms with Crippen LogP contribution in [0.3, 0.4) is 0 Å². The van der Waals surface area contributed by atoms with E-state index in [9.17, 15) is 0 Å². The third kappa shape index (κ3) is 3.47. The van der Waals surface area contributed by atoms with Crippen LogP contribution in [0.1, 0.15) is 25.8 Å². The molecule has 1 aliphatic rings. The first kappa shape index (κ1) is 14.2. The summed E-state index contributed by atoms with van der Waals surface area (Å²) in [6, 6.07) is 10.3. The summed E-state index contributed by atoms with van der Waals surface area (Å²) in [6.07, 6.45) is 4.95. The number of anilines is 1. The van der Waals surface area contributed by atoms with Gasteiger partial charge in [0.25, 0.3) is 0 Å². The van der Waals surface area contributed by atoms with E-state index in [2.05, 4.69) is 36.4 Å². The molecule has 1 aliphatic heterocycles. The Morgan fingerprint density at radius 1 is 1.33 bits per heavy atom. The number of hydrogen-bond acceptors (Lipinski definition) is 4. The van der Waals surface area contributed by atoms with E-state index in [1.54, 1.807) is 11.8 Å². The third-order valence-electron chi connectivity index (χ3n) is 3.72. The summed E-state index contributed by atoms with van der Waals surface area (Å²) >= 11 is 1.78. The van der Waals surface area contributed by atoms with Crippen LogP contribution in [0.5, 0.6) is 0 Å². The van der Waals surface area contributed by atoms with Crippen molar-refractivity contribution < 1.29 is 0 Å². The van der Waals surface area contributed by atoms with Gasteiger partial charge in [0.2, 0.25) is 0 Å². The molecule has 4 nitrogen and oxygen atoms in total. The van der Waals surface area contributed by atoms with E-state index in [0.717, 1.165) is 29.6 Å². The number of rotatable bonds is 4. The molecule has 110 valence electrons. The third-order valence-corrected chi connectivity index (χ3v) is 4.96. The lowest BCUT2D eigenvalue weighted by molar-refractivity contribution is 0.523. The molecule has 1 aromatic carbocycles. The molecule has 0 bridgehead atoms. The van der Waals surface area contributed by atoms with Crippen molar-refractivity contribution in [2.24, 2.45) is 4.99 Å². The Kier molecular flexibility index (Phi) is 4.01. The maximum Gasteiger partial charge on any atom is 0.161 e. The molecule has 0 spiro atoms. The zero-order chi connectivity index (χ0) is 14.7. The van der Waals surface area contributed by atoms with Gasteiger partial charge in [-0.2, -0.15) is 5.10 Å². The highest BCUT2D eigenvalue weighted by atomic mass is 32.2. The summed E-state index contributed by atoms with van der Waals surface area (Å²) < 4.78 is 1.94. The van der Waals surface area contributed by atoms with Gasteiger partial charge in [-0.25, -0.2) is 0 Å². The van der Waals surface area contributed by atoms with Gasteiger partial charge in [-0.15, -0.1) is 0 Å². The number of thioether (sulfide) groups is 1. The van der Waals surface area contributed by atoms with E-state index >= 15 is 0 Å². The molecule has 1 N–H and O–H groups in total. The fourth-order valence-corrected chi connectivity index (χ4v) is 3.38. The second kappa shape index (κ2) is 5.93. The van der Waals surface area contributed by atoms with Gasteiger partial charge >= 0.3 is 0 Å². The molecule has 1 aromatic heterocycles. The van der Waals surface area contributed by atoms with E-state index < -0.39 is 0 Å². The number of nitrogens with one attached hydrogen (secondary N) is 1. The van der Waals surface area contributed by atoms with Crippen molar-refractivity contribution in [3.63, 3.8) is 0 Å². The molecule has 21 heavy (non-hydrogen) atoms.